The van der Waals surface area contributed by atoms with Crippen LogP contribution in [0.25, 0.3) is 6.08 Å². The number of hydrogen-bond donors (Lipinski definition) is 1. The summed E-state index contributed by atoms with van der Waals surface area (Å²) in [5, 5.41) is 2.38. The molecule has 1 N–H and O–H groups in total. The molecule has 0 aromatic heterocycles. The highest BCUT2D eigenvalue weighted by atomic mass is 32.2. The van der Waals surface area contributed by atoms with Crippen LogP contribution in [0.1, 0.15) is 25.8 Å². The largest absolute Gasteiger partial charge is 0.493 e. The minimum absolute atomic E-state index is 0.0903. The molecular formula is C20H26N2O6S. The smallest absolute Gasteiger partial charge is 0.293 e. The number of methoxy groups -OCH3 is 3. The van der Waals surface area contributed by atoms with Crippen LogP contribution in [-0.2, 0) is 9.59 Å². The van der Waals surface area contributed by atoms with Crippen LogP contribution in [0.15, 0.2) is 17.0 Å². The van der Waals surface area contributed by atoms with Crippen LogP contribution in [0.4, 0.5) is 4.79 Å². The number of nitrogens with zero attached hydrogens (tertiary/aromatic N) is 1. The average Bonchev–Trinajstić information content (AvgIpc) is 2.99. The molecule has 1 aromatic rings. The zero-order valence-corrected chi connectivity index (χ0v) is 18.1. The fraction of sp³-hybridized carbons (Fsp3) is 0.450. The fourth-order valence-electron chi connectivity index (χ4n) is 2.68. The van der Waals surface area contributed by atoms with E-state index in [1.165, 1.54) is 21.3 Å². The molecule has 0 spiro atoms. The topological polar surface area (TPSA) is 94.2 Å². The molecule has 0 bridgehead atoms. The van der Waals surface area contributed by atoms with E-state index in [0.717, 1.165) is 23.1 Å². The van der Waals surface area contributed by atoms with Crippen LogP contribution < -0.4 is 19.5 Å². The molecular weight excluding hydrogens is 396 g/mol. The molecule has 1 heterocycles. The van der Waals surface area contributed by atoms with Gasteiger partial charge in [-0.15, -0.1) is 0 Å². The number of rotatable bonds is 9. The Labute approximate surface area is 174 Å². The Hall–Kier alpha value is -2.68. The Morgan fingerprint density at radius 3 is 2.31 bits per heavy atom. The molecule has 0 saturated carbocycles. The van der Waals surface area contributed by atoms with Crippen LogP contribution in [0.5, 0.6) is 17.2 Å². The summed E-state index contributed by atoms with van der Waals surface area (Å²) in [5.74, 6) is 0.747. The number of imide groups is 1. The molecule has 0 radical (unpaired) electrons. The number of hydrogen-bond acceptors (Lipinski definition) is 7. The van der Waals surface area contributed by atoms with Gasteiger partial charge in [-0.25, -0.2) is 0 Å². The lowest BCUT2D eigenvalue weighted by atomic mass is 10.1. The summed E-state index contributed by atoms with van der Waals surface area (Å²) in [6.07, 6.45) is 2.33. The molecule has 1 fully saturated rings. The lowest BCUT2D eigenvalue weighted by Crippen LogP contribution is -2.38. The summed E-state index contributed by atoms with van der Waals surface area (Å²) in [7, 11) is 4.51. The van der Waals surface area contributed by atoms with Crippen molar-refractivity contribution in [2.75, 3.05) is 34.4 Å². The summed E-state index contributed by atoms with van der Waals surface area (Å²) < 4.78 is 15.9. The van der Waals surface area contributed by atoms with E-state index >= 15 is 0 Å². The van der Waals surface area contributed by atoms with Gasteiger partial charge < -0.3 is 19.5 Å². The first-order chi connectivity index (χ1) is 13.9. The number of nitrogens with one attached hydrogen (secondary N) is 1. The van der Waals surface area contributed by atoms with Crippen LogP contribution in [0.3, 0.4) is 0 Å². The molecule has 1 unspecified atom stereocenters. The summed E-state index contributed by atoms with van der Waals surface area (Å²) in [6.45, 7) is 4.10. The number of thioether (sulfide) groups is 1. The maximum absolute atomic E-state index is 12.6. The van der Waals surface area contributed by atoms with Gasteiger partial charge in [0.2, 0.25) is 11.7 Å². The quantitative estimate of drug-likeness (QED) is 0.612. The van der Waals surface area contributed by atoms with Crippen LogP contribution in [0.2, 0.25) is 0 Å². The fourth-order valence-corrected chi connectivity index (χ4v) is 3.54. The number of benzene rings is 1. The SMILES string of the molecule is CCC(C)C(=O)NCCN1C(=O)S/C(=C\c2cc(OC)c(OC)c(OC)c2)C1=O. The van der Waals surface area contributed by atoms with Crippen molar-refractivity contribution in [2.24, 2.45) is 5.92 Å². The second kappa shape index (κ2) is 10.2. The van der Waals surface area contributed by atoms with E-state index in [9.17, 15) is 14.4 Å². The highest BCUT2D eigenvalue weighted by Crippen LogP contribution is 2.40. The molecule has 29 heavy (non-hydrogen) atoms. The first-order valence-corrected chi connectivity index (χ1v) is 10.0. The van der Waals surface area contributed by atoms with Gasteiger partial charge >= 0.3 is 0 Å². The molecule has 1 saturated heterocycles. The first kappa shape index (κ1) is 22.6. The molecule has 3 amide bonds. The van der Waals surface area contributed by atoms with Crippen molar-refractivity contribution in [1.82, 2.24) is 10.2 Å². The Kier molecular flexibility index (Phi) is 7.95. The highest BCUT2D eigenvalue weighted by Gasteiger charge is 2.34. The number of carbonyl (C=O) groups excluding carboxylic acids is 3. The van der Waals surface area contributed by atoms with Gasteiger partial charge in [0, 0.05) is 19.0 Å². The predicted octanol–water partition coefficient (Wildman–Crippen LogP) is 2.91. The van der Waals surface area contributed by atoms with Gasteiger partial charge in [-0.3, -0.25) is 19.3 Å². The lowest BCUT2D eigenvalue weighted by molar-refractivity contribution is -0.126. The molecule has 1 aromatic carbocycles. The van der Waals surface area contributed by atoms with E-state index in [2.05, 4.69) is 5.32 Å². The molecule has 9 heteroatoms. The summed E-state index contributed by atoms with van der Waals surface area (Å²) in [6, 6.07) is 3.39. The zero-order valence-electron chi connectivity index (χ0n) is 17.2. The number of amides is 3. The third-order valence-electron chi connectivity index (χ3n) is 4.55. The Morgan fingerprint density at radius 2 is 1.79 bits per heavy atom. The van der Waals surface area contributed by atoms with Crippen molar-refractivity contribution >= 4 is 34.9 Å². The minimum Gasteiger partial charge on any atom is -0.493 e. The van der Waals surface area contributed by atoms with E-state index < -0.39 is 5.91 Å². The summed E-state index contributed by atoms with van der Waals surface area (Å²) in [5.41, 5.74) is 0.634. The number of ether oxygens (including phenoxy) is 3. The van der Waals surface area contributed by atoms with Gasteiger partial charge in [0.1, 0.15) is 0 Å². The monoisotopic (exact) mass is 422 g/mol. The van der Waals surface area contributed by atoms with Crippen molar-refractivity contribution in [3.63, 3.8) is 0 Å². The van der Waals surface area contributed by atoms with Crippen LogP contribution in [0, 0.1) is 5.92 Å². The van der Waals surface area contributed by atoms with Gasteiger partial charge in [0.05, 0.1) is 26.2 Å². The average molecular weight is 423 g/mol. The van der Waals surface area contributed by atoms with Gasteiger partial charge in [-0.1, -0.05) is 13.8 Å². The van der Waals surface area contributed by atoms with E-state index in [0.29, 0.717) is 22.8 Å². The van der Waals surface area contributed by atoms with E-state index in [1.807, 2.05) is 13.8 Å². The van der Waals surface area contributed by atoms with Gasteiger partial charge in [0.25, 0.3) is 11.1 Å². The van der Waals surface area contributed by atoms with Gasteiger partial charge in [-0.05, 0) is 42.0 Å². The zero-order chi connectivity index (χ0) is 21.6. The van der Waals surface area contributed by atoms with E-state index in [-0.39, 0.29) is 35.1 Å². The molecule has 2 rings (SSSR count). The first-order valence-electron chi connectivity index (χ1n) is 9.19. The molecule has 0 aliphatic carbocycles. The number of carbonyl (C=O) groups is 3. The van der Waals surface area contributed by atoms with Crippen molar-refractivity contribution in [3.8, 4) is 17.2 Å². The molecule has 1 aliphatic rings. The van der Waals surface area contributed by atoms with Gasteiger partial charge in [0.15, 0.2) is 11.5 Å². The third-order valence-corrected chi connectivity index (χ3v) is 5.46. The molecule has 1 atom stereocenters. The summed E-state index contributed by atoms with van der Waals surface area (Å²) in [4.78, 5) is 38.1. The molecule has 158 valence electrons. The normalized spacial score (nSPS) is 16.2. The Morgan fingerprint density at radius 1 is 1.17 bits per heavy atom. The highest BCUT2D eigenvalue weighted by molar-refractivity contribution is 8.18. The van der Waals surface area contributed by atoms with E-state index in [1.54, 1.807) is 18.2 Å². The van der Waals surface area contributed by atoms with Crippen molar-refractivity contribution in [3.05, 3.63) is 22.6 Å². The predicted molar refractivity (Wildman–Crippen MR) is 111 cm³/mol. The summed E-state index contributed by atoms with van der Waals surface area (Å²) >= 11 is 0.856. The van der Waals surface area contributed by atoms with Crippen LogP contribution in [-0.4, -0.2) is 56.4 Å². The third kappa shape index (κ3) is 5.23. The second-order valence-electron chi connectivity index (χ2n) is 6.39. The van der Waals surface area contributed by atoms with Crippen LogP contribution >= 0.6 is 11.8 Å². The standard InChI is InChI=1S/C20H26N2O6S/c1-6-12(2)18(23)21-7-8-22-19(24)16(29-20(22)25)11-13-9-14(26-3)17(28-5)15(10-13)27-4/h9-12H,6-8H2,1-5H3,(H,21,23)/b16-11-. The Balaban J connectivity index is 2.14. The lowest BCUT2D eigenvalue weighted by Gasteiger charge is -2.14. The van der Waals surface area contributed by atoms with E-state index in [4.69, 9.17) is 14.2 Å². The maximum atomic E-state index is 12.6. The molecule has 1 aliphatic heterocycles. The van der Waals surface area contributed by atoms with Crippen molar-refractivity contribution in [2.45, 2.75) is 20.3 Å². The molecule has 8 nitrogen and oxygen atoms in total. The van der Waals surface area contributed by atoms with Gasteiger partial charge in [-0.2, -0.15) is 0 Å². The Bertz CT molecular complexity index is 798. The van der Waals surface area contributed by atoms with Crippen molar-refractivity contribution in [1.29, 1.82) is 0 Å². The minimum atomic E-state index is -0.397. The maximum Gasteiger partial charge on any atom is 0.293 e. The second-order valence-corrected chi connectivity index (χ2v) is 7.39. The van der Waals surface area contributed by atoms with Crippen molar-refractivity contribution < 1.29 is 28.6 Å².